The number of piperidine rings is 2. The first kappa shape index (κ1) is 19.8. The van der Waals surface area contributed by atoms with Crippen molar-refractivity contribution >= 4 is 17.5 Å². The summed E-state index contributed by atoms with van der Waals surface area (Å²) in [5.74, 6) is -0.388. The van der Waals surface area contributed by atoms with Crippen LogP contribution in [0.1, 0.15) is 31.2 Å². The highest BCUT2D eigenvalue weighted by Crippen LogP contribution is 2.38. The number of aryl methyl sites for hydroxylation is 1. The summed E-state index contributed by atoms with van der Waals surface area (Å²) in [6, 6.07) is 4.69. The second kappa shape index (κ2) is 8.35. The lowest BCUT2D eigenvalue weighted by molar-refractivity contribution is -0.140. The molecule has 1 spiro atoms. The molecule has 2 N–H and O–H groups in total. The van der Waals surface area contributed by atoms with E-state index < -0.39 is 0 Å². The topological polar surface area (TPSA) is 72.9 Å². The standard InChI is InChI=1S/C20H28FN3O3/c1-15-3-4-16(11-17(15)21)22-18(26)12-23-8-2-6-20(13-23)7-5-19(27)24(14-20)9-10-25/h3-4,11,25H,2,5-10,12-14H2,1H3,(H,22,26). The van der Waals surface area contributed by atoms with Crippen LogP contribution >= 0.6 is 0 Å². The maximum absolute atomic E-state index is 13.6. The Morgan fingerprint density at radius 3 is 2.89 bits per heavy atom. The Morgan fingerprint density at radius 1 is 1.33 bits per heavy atom. The number of carbonyl (C=O) groups excluding carboxylic acids is 2. The Hall–Kier alpha value is -1.99. The lowest BCUT2D eigenvalue weighted by Gasteiger charge is -2.48. The summed E-state index contributed by atoms with van der Waals surface area (Å²) in [6.45, 7) is 4.53. The van der Waals surface area contributed by atoms with E-state index in [0.717, 1.165) is 32.4 Å². The third kappa shape index (κ3) is 4.84. The van der Waals surface area contributed by atoms with Crippen LogP contribution in [0.25, 0.3) is 0 Å². The minimum Gasteiger partial charge on any atom is -0.395 e. The van der Waals surface area contributed by atoms with Gasteiger partial charge in [-0.1, -0.05) is 6.07 Å². The lowest BCUT2D eigenvalue weighted by atomic mass is 9.73. The zero-order chi connectivity index (χ0) is 19.4. The van der Waals surface area contributed by atoms with Crippen molar-refractivity contribution in [2.75, 3.05) is 44.6 Å². The molecule has 1 atom stereocenters. The van der Waals surface area contributed by atoms with Crippen molar-refractivity contribution in [3.05, 3.63) is 29.6 Å². The van der Waals surface area contributed by atoms with Crippen molar-refractivity contribution in [3.8, 4) is 0 Å². The van der Waals surface area contributed by atoms with Gasteiger partial charge in [-0.15, -0.1) is 0 Å². The van der Waals surface area contributed by atoms with Gasteiger partial charge in [0.25, 0.3) is 0 Å². The summed E-state index contributed by atoms with van der Waals surface area (Å²) in [5, 5.41) is 12.0. The Balaban J connectivity index is 1.58. The summed E-state index contributed by atoms with van der Waals surface area (Å²) in [4.78, 5) is 28.3. The van der Waals surface area contributed by atoms with Gasteiger partial charge < -0.3 is 15.3 Å². The summed E-state index contributed by atoms with van der Waals surface area (Å²) in [7, 11) is 0. The van der Waals surface area contributed by atoms with Crippen LogP contribution in [0.3, 0.4) is 0 Å². The molecule has 0 aliphatic carbocycles. The molecule has 2 aliphatic heterocycles. The van der Waals surface area contributed by atoms with Crippen LogP contribution in [-0.4, -0.2) is 66.1 Å². The van der Waals surface area contributed by atoms with Crippen molar-refractivity contribution in [2.45, 2.75) is 32.6 Å². The largest absolute Gasteiger partial charge is 0.395 e. The van der Waals surface area contributed by atoms with Crippen molar-refractivity contribution in [1.82, 2.24) is 9.80 Å². The molecule has 0 aromatic heterocycles. The van der Waals surface area contributed by atoms with Gasteiger partial charge in [0, 0.05) is 37.2 Å². The first-order valence-corrected chi connectivity index (χ1v) is 9.58. The number of amides is 2. The van der Waals surface area contributed by atoms with E-state index in [1.807, 2.05) is 0 Å². The molecule has 1 aromatic rings. The lowest BCUT2D eigenvalue weighted by Crippen LogP contribution is -2.55. The average molecular weight is 377 g/mol. The minimum atomic E-state index is -0.333. The minimum absolute atomic E-state index is 0.00240. The number of anilines is 1. The van der Waals surface area contributed by atoms with E-state index in [9.17, 15) is 19.1 Å². The molecule has 2 aliphatic rings. The highest BCUT2D eigenvalue weighted by atomic mass is 19.1. The molecule has 3 rings (SSSR count). The third-order valence-electron chi connectivity index (χ3n) is 5.68. The summed E-state index contributed by atoms with van der Waals surface area (Å²) >= 11 is 0. The molecule has 7 heteroatoms. The molecule has 27 heavy (non-hydrogen) atoms. The second-order valence-corrected chi connectivity index (χ2v) is 7.87. The van der Waals surface area contributed by atoms with Gasteiger partial charge in [-0.25, -0.2) is 4.39 Å². The van der Waals surface area contributed by atoms with Crippen LogP contribution in [0.5, 0.6) is 0 Å². The highest BCUT2D eigenvalue weighted by Gasteiger charge is 2.41. The van der Waals surface area contributed by atoms with Crippen molar-refractivity contribution in [3.63, 3.8) is 0 Å². The van der Waals surface area contributed by atoms with Gasteiger partial charge in [-0.3, -0.25) is 14.5 Å². The zero-order valence-electron chi connectivity index (χ0n) is 15.8. The SMILES string of the molecule is Cc1ccc(NC(=O)CN2CCCC3(CCC(=O)N(CCO)C3)C2)cc1F. The van der Waals surface area contributed by atoms with Crippen LogP contribution in [-0.2, 0) is 9.59 Å². The highest BCUT2D eigenvalue weighted by molar-refractivity contribution is 5.92. The van der Waals surface area contributed by atoms with Gasteiger partial charge in [-0.2, -0.15) is 0 Å². The molecule has 0 bridgehead atoms. The van der Waals surface area contributed by atoms with Crippen LogP contribution in [0.4, 0.5) is 10.1 Å². The van der Waals surface area contributed by atoms with Gasteiger partial charge in [0.05, 0.1) is 13.2 Å². The number of halogens is 1. The van der Waals surface area contributed by atoms with E-state index in [-0.39, 0.29) is 36.2 Å². The van der Waals surface area contributed by atoms with Gasteiger partial charge in [0.15, 0.2) is 0 Å². The summed E-state index contributed by atoms with van der Waals surface area (Å²) in [6.07, 6.45) is 3.34. The van der Waals surface area contributed by atoms with E-state index in [1.165, 1.54) is 6.07 Å². The smallest absolute Gasteiger partial charge is 0.238 e. The molecule has 0 saturated carbocycles. The molecule has 2 amide bonds. The van der Waals surface area contributed by atoms with Gasteiger partial charge in [-0.05, 0) is 50.4 Å². The van der Waals surface area contributed by atoms with Gasteiger partial charge >= 0.3 is 0 Å². The number of aliphatic hydroxyl groups is 1. The fourth-order valence-corrected chi connectivity index (χ4v) is 4.28. The van der Waals surface area contributed by atoms with Crippen molar-refractivity contribution in [1.29, 1.82) is 0 Å². The van der Waals surface area contributed by atoms with Gasteiger partial charge in [0.2, 0.25) is 11.8 Å². The Kier molecular flexibility index (Phi) is 6.11. The maximum Gasteiger partial charge on any atom is 0.238 e. The Morgan fingerprint density at radius 2 is 2.15 bits per heavy atom. The van der Waals surface area contributed by atoms with Crippen LogP contribution in [0.15, 0.2) is 18.2 Å². The predicted molar refractivity (Wildman–Crippen MR) is 101 cm³/mol. The van der Waals surface area contributed by atoms with E-state index >= 15 is 0 Å². The van der Waals surface area contributed by atoms with E-state index in [1.54, 1.807) is 24.0 Å². The summed E-state index contributed by atoms with van der Waals surface area (Å²) < 4.78 is 13.6. The first-order chi connectivity index (χ1) is 12.9. The molecule has 1 unspecified atom stereocenters. The molecular formula is C20H28FN3O3. The number of hydrogen-bond acceptors (Lipinski definition) is 4. The van der Waals surface area contributed by atoms with E-state index in [0.29, 0.717) is 30.8 Å². The fraction of sp³-hybridized carbons (Fsp3) is 0.600. The molecule has 2 heterocycles. The number of likely N-dealkylation sites (tertiary alicyclic amines) is 2. The van der Waals surface area contributed by atoms with Crippen LogP contribution in [0.2, 0.25) is 0 Å². The molecule has 2 fully saturated rings. The third-order valence-corrected chi connectivity index (χ3v) is 5.68. The normalized spacial score (nSPS) is 23.7. The monoisotopic (exact) mass is 377 g/mol. The average Bonchev–Trinajstić information content (AvgIpc) is 2.62. The number of hydrogen-bond donors (Lipinski definition) is 2. The number of carbonyl (C=O) groups is 2. The number of rotatable bonds is 5. The number of β-amino-alcohol motifs (C(OH)–C–C–N with tert-alkyl or cyclic N) is 1. The molecule has 2 saturated heterocycles. The Bertz CT molecular complexity index is 712. The number of nitrogens with zero attached hydrogens (tertiary/aromatic N) is 2. The molecule has 6 nitrogen and oxygen atoms in total. The van der Waals surface area contributed by atoms with E-state index in [4.69, 9.17) is 0 Å². The molecule has 1 aromatic carbocycles. The Labute approximate surface area is 159 Å². The number of aliphatic hydroxyl groups excluding tert-OH is 1. The maximum atomic E-state index is 13.6. The number of nitrogens with one attached hydrogen (secondary N) is 1. The number of benzene rings is 1. The zero-order valence-corrected chi connectivity index (χ0v) is 15.8. The van der Waals surface area contributed by atoms with Crippen molar-refractivity contribution < 1.29 is 19.1 Å². The molecule has 148 valence electrons. The first-order valence-electron chi connectivity index (χ1n) is 9.58. The van der Waals surface area contributed by atoms with E-state index in [2.05, 4.69) is 10.2 Å². The molecule has 0 radical (unpaired) electrons. The summed E-state index contributed by atoms with van der Waals surface area (Å²) in [5.41, 5.74) is 1.01. The molecular weight excluding hydrogens is 349 g/mol. The van der Waals surface area contributed by atoms with Crippen LogP contribution in [0, 0.1) is 18.2 Å². The van der Waals surface area contributed by atoms with Crippen LogP contribution < -0.4 is 5.32 Å². The second-order valence-electron chi connectivity index (χ2n) is 7.87. The fourth-order valence-electron chi connectivity index (χ4n) is 4.28. The quantitative estimate of drug-likeness (QED) is 0.820. The predicted octanol–water partition coefficient (Wildman–Crippen LogP) is 1.77. The van der Waals surface area contributed by atoms with Gasteiger partial charge in [0.1, 0.15) is 5.82 Å². The van der Waals surface area contributed by atoms with Crippen molar-refractivity contribution in [2.24, 2.45) is 5.41 Å².